The van der Waals surface area contributed by atoms with Crippen LogP contribution < -0.4 is 5.32 Å². The fourth-order valence-electron chi connectivity index (χ4n) is 2.44. The number of hydrogen-bond donors (Lipinski definition) is 2. The summed E-state index contributed by atoms with van der Waals surface area (Å²) >= 11 is 0. The van der Waals surface area contributed by atoms with Crippen LogP contribution in [0.4, 0.5) is 4.79 Å². The van der Waals surface area contributed by atoms with Crippen molar-refractivity contribution in [3.05, 3.63) is 0 Å². The Morgan fingerprint density at radius 2 is 1.83 bits per heavy atom. The predicted octanol–water partition coefficient (Wildman–Crippen LogP) is 2.55. The van der Waals surface area contributed by atoms with Crippen molar-refractivity contribution in [3.8, 4) is 0 Å². The molecule has 0 saturated heterocycles. The topological polar surface area (TPSA) is 75.6 Å². The number of carbonyl (C=O) groups excluding carboxylic acids is 1. The van der Waals surface area contributed by atoms with Crippen LogP contribution in [0.25, 0.3) is 0 Å². The predicted molar refractivity (Wildman–Crippen MR) is 67.4 cm³/mol. The van der Waals surface area contributed by atoms with Crippen LogP contribution in [-0.2, 0) is 9.53 Å². The number of alkyl carbamates (subject to hydrolysis) is 1. The smallest absolute Gasteiger partial charge is 0.407 e. The number of amides is 1. The summed E-state index contributed by atoms with van der Waals surface area (Å²) in [5.41, 5.74) is -0.817. The number of hydrogen-bond acceptors (Lipinski definition) is 3. The summed E-state index contributed by atoms with van der Waals surface area (Å²) in [6.07, 6.45) is 3.42. The van der Waals surface area contributed by atoms with Gasteiger partial charge in [-0.2, -0.15) is 0 Å². The Labute approximate surface area is 108 Å². The SMILES string of the molecule is CC(C)(C)OC(=O)NCC1(CC(=O)O)CCCC1. The van der Waals surface area contributed by atoms with Gasteiger partial charge in [-0.05, 0) is 39.0 Å². The molecular weight excluding hydrogens is 234 g/mol. The molecule has 0 aromatic carbocycles. The lowest BCUT2D eigenvalue weighted by molar-refractivity contribution is -0.139. The Kier molecular flexibility index (Phi) is 4.59. The van der Waals surface area contributed by atoms with E-state index in [1.165, 1.54) is 0 Å². The zero-order chi connectivity index (χ0) is 13.8. The fourth-order valence-corrected chi connectivity index (χ4v) is 2.44. The molecule has 0 bridgehead atoms. The third kappa shape index (κ3) is 4.94. The van der Waals surface area contributed by atoms with Crippen LogP contribution in [0.3, 0.4) is 0 Å². The van der Waals surface area contributed by atoms with Crippen molar-refractivity contribution in [1.29, 1.82) is 0 Å². The quantitative estimate of drug-likeness (QED) is 0.811. The van der Waals surface area contributed by atoms with Gasteiger partial charge in [0.25, 0.3) is 0 Å². The van der Waals surface area contributed by atoms with Crippen molar-refractivity contribution in [2.75, 3.05) is 6.54 Å². The lowest BCUT2D eigenvalue weighted by Crippen LogP contribution is -2.40. The number of ether oxygens (including phenoxy) is 1. The second-order valence-corrected chi connectivity index (χ2v) is 6.13. The molecule has 1 aliphatic carbocycles. The van der Waals surface area contributed by atoms with Gasteiger partial charge in [0.15, 0.2) is 0 Å². The maximum absolute atomic E-state index is 11.6. The van der Waals surface area contributed by atoms with Crippen molar-refractivity contribution in [2.45, 2.75) is 58.5 Å². The first kappa shape index (κ1) is 14.8. The zero-order valence-corrected chi connectivity index (χ0v) is 11.4. The lowest BCUT2D eigenvalue weighted by Gasteiger charge is -2.28. The van der Waals surface area contributed by atoms with E-state index >= 15 is 0 Å². The van der Waals surface area contributed by atoms with E-state index in [4.69, 9.17) is 9.84 Å². The zero-order valence-electron chi connectivity index (χ0n) is 11.4. The number of carbonyl (C=O) groups is 2. The summed E-state index contributed by atoms with van der Waals surface area (Å²) in [7, 11) is 0. The van der Waals surface area contributed by atoms with Gasteiger partial charge >= 0.3 is 12.1 Å². The Morgan fingerprint density at radius 3 is 2.28 bits per heavy atom. The van der Waals surface area contributed by atoms with E-state index in [2.05, 4.69) is 5.32 Å². The van der Waals surface area contributed by atoms with Gasteiger partial charge in [-0.1, -0.05) is 12.8 Å². The Balaban J connectivity index is 2.48. The van der Waals surface area contributed by atoms with Crippen LogP contribution in [0.2, 0.25) is 0 Å². The summed E-state index contributed by atoms with van der Waals surface area (Å²) in [5, 5.41) is 11.6. The molecule has 5 heteroatoms. The highest BCUT2D eigenvalue weighted by Gasteiger charge is 2.36. The van der Waals surface area contributed by atoms with E-state index in [0.717, 1.165) is 25.7 Å². The summed E-state index contributed by atoms with van der Waals surface area (Å²) in [5.74, 6) is -0.803. The number of carboxylic acids is 1. The Morgan fingerprint density at radius 1 is 1.28 bits per heavy atom. The third-order valence-corrected chi connectivity index (χ3v) is 3.20. The molecule has 0 heterocycles. The van der Waals surface area contributed by atoms with Gasteiger partial charge in [-0.3, -0.25) is 4.79 Å². The highest BCUT2D eigenvalue weighted by atomic mass is 16.6. The largest absolute Gasteiger partial charge is 0.481 e. The van der Waals surface area contributed by atoms with Gasteiger partial charge in [-0.25, -0.2) is 4.79 Å². The average molecular weight is 257 g/mol. The molecule has 0 aromatic heterocycles. The van der Waals surface area contributed by atoms with E-state index in [1.807, 2.05) is 0 Å². The van der Waals surface area contributed by atoms with Crippen LogP contribution >= 0.6 is 0 Å². The van der Waals surface area contributed by atoms with E-state index in [1.54, 1.807) is 20.8 Å². The molecule has 1 saturated carbocycles. The van der Waals surface area contributed by atoms with Crippen molar-refractivity contribution >= 4 is 12.1 Å². The van der Waals surface area contributed by atoms with Gasteiger partial charge in [-0.15, -0.1) is 0 Å². The molecule has 0 unspecified atom stereocenters. The maximum atomic E-state index is 11.6. The average Bonchev–Trinajstić information content (AvgIpc) is 2.60. The molecule has 0 radical (unpaired) electrons. The number of nitrogens with one attached hydrogen (secondary N) is 1. The van der Waals surface area contributed by atoms with Crippen LogP contribution in [0, 0.1) is 5.41 Å². The third-order valence-electron chi connectivity index (χ3n) is 3.20. The standard InChI is InChI=1S/C13H23NO4/c1-12(2,3)18-11(17)14-9-13(8-10(15)16)6-4-5-7-13/h4-9H2,1-3H3,(H,14,17)(H,15,16). The molecule has 2 N–H and O–H groups in total. The summed E-state index contributed by atoms with van der Waals surface area (Å²) in [4.78, 5) is 22.5. The summed E-state index contributed by atoms with van der Waals surface area (Å²) < 4.78 is 5.15. The number of carboxylic acid groups (broad SMARTS) is 1. The maximum Gasteiger partial charge on any atom is 0.407 e. The van der Waals surface area contributed by atoms with E-state index in [0.29, 0.717) is 6.54 Å². The minimum atomic E-state index is -0.803. The van der Waals surface area contributed by atoms with Gasteiger partial charge < -0.3 is 15.2 Å². The van der Waals surface area contributed by atoms with E-state index in [-0.39, 0.29) is 11.8 Å². The minimum absolute atomic E-state index is 0.114. The van der Waals surface area contributed by atoms with Crippen LogP contribution in [0.5, 0.6) is 0 Å². The molecule has 1 rings (SSSR count). The fraction of sp³-hybridized carbons (Fsp3) is 0.846. The minimum Gasteiger partial charge on any atom is -0.481 e. The monoisotopic (exact) mass is 257 g/mol. The molecule has 1 amide bonds. The molecule has 18 heavy (non-hydrogen) atoms. The van der Waals surface area contributed by atoms with Crippen LogP contribution in [0.1, 0.15) is 52.9 Å². The van der Waals surface area contributed by atoms with Gasteiger partial charge in [0.2, 0.25) is 0 Å². The summed E-state index contributed by atoms with van der Waals surface area (Å²) in [6.45, 7) is 5.79. The first-order valence-electron chi connectivity index (χ1n) is 6.41. The van der Waals surface area contributed by atoms with Gasteiger partial charge in [0.05, 0.1) is 6.42 Å². The molecule has 5 nitrogen and oxygen atoms in total. The normalized spacial score (nSPS) is 18.4. The van der Waals surface area contributed by atoms with Crippen molar-refractivity contribution in [3.63, 3.8) is 0 Å². The van der Waals surface area contributed by atoms with Crippen molar-refractivity contribution < 1.29 is 19.4 Å². The molecule has 0 spiro atoms. The molecule has 0 aliphatic heterocycles. The first-order chi connectivity index (χ1) is 8.22. The second-order valence-electron chi connectivity index (χ2n) is 6.13. The van der Waals surface area contributed by atoms with E-state index < -0.39 is 17.7 Å². The first-order valence-corrected chi connectivity index (χ1v) is 6.41. The Hall–Kier alpha value is -1.26. The van der Waals surface area contributed by atoms with Crippen LogP contribution in [0.15, 0.2) is 0 Å². The summed E-state index contributed by atoms with van der Waals surface area (Å²) in [6, 6.07) is 0. The molecule has 104 valence electrons. The number of aliphatic carboxylic acids is 1. The molecule has 1 aliphatic rings. The lowest BCUT2D eigenvalue weighted by atomic mass is 9.82. The highest BCUT2D eigenvalue weighted by molar-refractivity contribution is 5.69. The molecule has 0 atom stereocenters. The van der Waals surface area contributed by atoms with Crippen molar-refractivity contribution in [1.82, 2.24) is 5.32 Å². The molecule has 1 fully saturated rings. The Bertz CT molecular complexity index is 313. The van der Waals surface area contributed by atoms with Gasteiger partial charge in [0, 0.05) is 6.54 Å². The van der Waals surface area contributed by atoms with Crippen LogP contribution in [-0.4, -0.2) is 29.3 Å². The molecule has 0 aromatic rings. The van der Waals surface area contributed by atoms with E-state index in [9.17, 15) is 9.59 Å². The second kappa shape index (κ2) is 5.59. The van der Waals surface area contributed by atoms with Crippen molar-refractivity contribution in [2.24, 2.45) is 5.41 Å². The number of rotatable bonds is 4. The van der Waals surface area contributed by atoms with Gasteiger partial charge in [0.1, 0.15) is 5.60 Å². The molecular formula is C13H23NO4. The highest BCUT2D eigenvalue weighted by Crippen LogP contribution is 2.40.